The molecule has 0 radical (unpaired) electrons. The Bertz CT molecular complexity index is 338. The molecule has 0 aliphatic heterocycles. The van der Waals surface area contributed by atoms with Gasteiger partial charge in [-0.3, -0.25) is 0 Å². The summed E-state index contributed by atoms with van der Waals surface area (Å²) in [5.74, 6) is -0.345. The lowest BCUT2D eigenvalue weighted by Crippen LogP contribution is -2.10. The van der Waals surface area contributed by atoms with Crippen molar-refractivity contribution < 1.29 is 4.39 Å². The fourth-order valence-corrected chi connectivity index (χ4v) is 1.38. The molecule has 1 aromatic rings. The molecule has 0 heterocycles. The van der Waals surface area contributed by atoms with Gasteiger partial charge in [-0.1, -0.05) is 23.8 Å². The van der Waals surface area contributed by atoms with Crippen molar-refractivity contribution >= 4 is 28.8 Å². The summed E-state index contributed by atoms with van der Waals surface area (Å²) in [4.78, 5) is 0.110. The molecule has 0 amide bonds. The van der Waals surface area contributed by atoms with E-state index in [0.717, 1.165) is 0 Å². The zero-order valence-corrected chi connectivity index (χ0v) is 7.97. The van der Waals surface area contributed by atoms with Crippen LogP contribution in [-0.4, -0.2) is 4.99 Å². The fraction of sp³-hybridized carbons (Fsp3) is 0.125. The summed E-state index contributed by atoms with van der Waals surface area (Å²) in [5, 5.41) is 0.390. The van der Waals surface area contributed by atoms with Gasteiger partial charge >= 0.3 is 0 Å². The van der Waals surface area contributed by atoms with E-state index in [1.165, 1.54) is 12.1 Å². The van der Waals surface area contributed by atoms with Crippen LogP contribution in [0.2, 0.25) is 5.02 Å². The zero-order valence-electron chi connectivity index (χ0n) is 6.40. The number of hydrogen-bond donors (Lipinski definition) is 1. The highest BCUT2D eigenvalue weighted by Crippen LogP contribution is 2.19. The minimum absolute atomic E-state index is 0.110. The molecule has 4 heteroatoms. The predicted octanol–water partition coefficient (Wildman–Crippen LogP) is 2.42. The Hall–Kier alpha value is -0.670. The number of benzene rings is 1. The Morgan fingerprint density at radius 3 is 2.67 bits per heavy atom. The lowest BCUT2D eigenvalue weighted by atomic mass is 10.1. The molecule has 0 saturated heterocycles. The number of thiocarbonyl (C=S) groups is 1. The molecule has 0 saturated carbocycles. The predicted molar refractivity (Wildman–Crippen MR) is 52.0 cm³/mol. The number of halogens is 2. The average Bonchev–Trinajstić information content (AvgIpc) is 1.96. The van der Waals surface area contributed by atoms with Crippen molar-refractivity contribution in [2.75, 3.05) is 0 Å². The van der Waals surface area contributed by atoms with Gasteiger partial charge in [-0.2, -0.15) is 0 Å². The first-order valence-corrected chi connectivity index (χ1v) is 4.06. The minimum Gasteiger partial charge on any atom is -0.389 e. The van der Waals surface area contributed by atoms with E-state index >= 15 is 0 Å². The van der Waals surface area contributed by atoms with Crippen LogP contribution in [-0.2, 0) is 0 Å². The van der Waals surface area contributed by atoms with Crippen LogP contribution in [0, 0.1) is 12.7 Å². The molecule has 1 rings (SSSR count). The second kappa shape index (κ2) is 3.37. The molecule has 64 valence electrons. The molecule has 0 aliphatic carbocycles. The van der Waals surface area contributed by atoms with Crippen molar-refractivity contribution in [1.29, 1.82) is 0 Å². The smallest absolute Gasteiger partial charge is 0.126 e. The summed E-state index contributed by atoms with van der Waals surface area (Å²) in [7, 11) is 0. The highest BCUT2D eigenvalue weighted by molar-refractivity contribution is 7.80. The Morgan fingerprint density at radius 2 is 2.17 bits per heavy atom. The number of rotatable bonds is 1. The maximum atomic E-state index is 12.9. The van der Waals surface area contributed by atoms with E-state index in [1.54, 1.807) is 6.92 Å². The third-order valence-corrected chi connectivity index (χ3v) is 2.05. The molecule has 2 N–H and O–H groups in total. The maximum absolute atomic E-state index is 12.9. The number of hydrogen-bond acceptors (Lipinski definition) is 1. The third-order valence-electron chi connectivity index (χ3n) is 1.51. The van der Waals surface area contributed by atoms with Crippen molar-refractivity contribution in [3.63, 3.8) is 0 Å². The van der Waals surface area contributed by atoms with Crippen molar-refractivity contribution in [3.8, 4) is 0 Å². The zero-order chi connectivity index (χ0) is 9.30. The van der Waals surface area contributed by atoms with E-state index in [4.69, 9.17) is 17.3 Å². The third kappa shape index (κ3) is 1.73. The lowest BCUT2D eigenvalue weighted by Gasteiger charge is -2.03. The summed E-state index contributed by atoms with van der Waals surface area (Å²) in [6, 6.07) is 2.76. The van der Waals surface area contributed by atoms with Crippen LogP contribution in [0.1, 0.15) is 11.1 Å². The molecule has 1 nitrogen and oxygen atoms in total. The monoisotopic (exact) mass is 203 g/mol. The van der Waals surface area contributed by atoms with E-state index in [1.807, 2.05) is 0 Å². The average molecular weight is 204 g/mol. The van der Waals surface area contributed by atoms with Crippen LogP contribution in [0.5, 0.6) is 0 Å². The van der Waals surface area contributed by atoms with E-state index in [-0.39, 0.29) is 10.8 Å². The summed E-state index contributed by atoms with van der Waals surface area (Å²) in [5.41, 5.74) is 6.18. The van der Waals surface area contributed by atoms with Crippen molar-refractivity contribution in [3.05, 3.63) is 34.1 Å². The van der Waals surface area contributed by atoms with Crippen molar-refractivity contribution in [1.82, 2.24) is 0 Å². The molecule has 0 spiro atoms. The Balaban J connectivity index is 3.33. The molecule has 1 aromatic carbocycles. The molecule has 0 fully saturated rings. The topological polar surface area (TPSA) is 26.0 Å². The van der Waals surface area contributed by atoms with E-state index in [2.05, 4.69) is 12.2 Å². The first kappa shape index (κ1) is 9.42. The largest absolute Gasteiger partial charge is 0.389 e. The van der Waals surface area contributed by atoms with Gasteiger partial charge in [0.2, 0.25) is 0 Å². The van der Waals surface area contributed by atoms with Gasteiger partial charge in [-0.05, 0) is 24.6 Å². The summed E-state index contributed by atoms with van der Waals surface area (Å²) in [6.07, 6.45) is 0. The van der Waals surface area contributed by atoms with Crippen LogP contribution in [0.4, 0.5) is 4.39 Å². The molecular weight excluding hydrogens is 197 g/mol. The highest BCUT2D eigenvalue weighted by Gasteiger charge is 2.06. The Labute approximate surface area is 80.3 Å². The van der Waals surface area contributed by atoms with Crippen molar-refractivity contribution in [2.24, 2.45) is 5.73 Å². The lowest BCUT2D eigenvalue weighted by molar-refractivity contribution is 0.618. The Morgan fingerprint density at radius 1 is 1.58 bits per heavy atom. The van der Waals surface area contributed by atoms with Gasteiger partial charge in [0.25, 0.3) is 0 Å². The van der Waals surface area contributed by atoms with Gasteiger partial charge < -0.3 is 5.73 Å². The highest BCUT2D eigenvalue weighted by atomic mass is 35.5. The maximum Gasteiger partial charge on any atom is 0.126 e. The molecule has 0 unspecified atom stereocenters. The van der Waals surface area contributed by atoms with Crippen molar-refractivity contribution in [2.45, 2.75) is 6.92 Å². The van der Waals surface area contributed by atoms with Gasteiger partial charge in [-0.15, -0.1) is 0 Å². The first-order valence-electron chi connectivity index (χ1n) is 3.28. The van der Waals surface area contributed by atoms with Crippen LogP contribution in [0.15, 0.2) is 12.1 Å². The molecule has 0 aromatic heterocycles. The molecule has 0 bridgehead atoms. The van der Waals surface area contributed by atoms with Gasteiger partial charge in [0, 0.05) is 5.56 Å². The van der Waals surface area contributed by atoms with E-state index in [0.29, 0.717) is 16.1 Å². The minimum atomic E-state index is -0.345. The molecule has 0 atom stereocenters. The van der Waals surface area contributed by atoms with Crippen LogP contribution in [0.25, 0.3) is 0 Å². The van der Waals surface area contributed by atoms with E-state index in [9.17, 15) is 4.39 Å². The normalized spacial score (nSPS) is 9.92. The van der Waals surface area contributed by atoms with Gasteiger partial charge in [-0.25, -0.2) is 4.39 Å². The number of aryl methyl sites for hydroxylation is 1. The van der Waals surface area contributed by atoms with E-state index < -0.39 is 0 Å². The van der Waals surface area contributed by atoms with Crippen LogP contribution in [0.3, 0.4) is 0 Å². The molecular formula is C8H7ClFNS. The van der Waals surface area contributed by atoms with Gasteiger partial charge in [0.1, 0.15) is 10.8 Å². The number of nitrogens with two attached hydrogens (primary N) is 1. The fourth-order valence-electron chi connectivity index (χ4n) is 0.835. The molecule has 0 aliphatic rings. The molecule has 12 heavy (non-hydrogen) atoms. The second-order valence-corrected chi connectivity index (χ2v) is 3.29. The first-order chi connectivity index (χ1) is 5.52. The Kier molecular flexibility index (Phi) is 2.65. The summed E-state index contributed by atoms with van der Waals surface area (Å²) in [6.45, 7) is 1.63. The summed E-state index contributed by atoms with van der Waals surface area (Å²) < 4.78 is 12.9. The quantitative estimate of drug-likeness (QED) is 0.710. The van der Waals surface area contributed by atoms with Gasteiger partial charge in [0.15, 0.2) is 0 Å². The second-order valence-electron chi connectivity index (χ2n) is 2.45. The summed E-state index contributed by atoms with van der Waals surface area (Å²) >= 11 is 10.4. The van der Waals surface area contributed by atoms with Crippen LogP contribution < -0.4 is 5.73 Å². The SMILES string of the molecule is Cc1cc(Cl)c(C(N)=S)cc1F. The standard InChI is InChI=1S/C8H7ClFNS/c1-4-2-6(9)5(8(11)12)3-7(4)10/h2-3H,1H3,(H2,11,12). The van der Waals surface area contributed by atoms with Crippen LogP contribution >= 0.6 is 23.8 Å². The van der Waals surface area contributed by atoms with Gasteiger partial charge in [0.05, 0.1) is 5.02 Å².